The fourth-order valence-corrected chi connectivity index (χ4v) is 6.05. The summed E-state index contributed by atoms with van der Waals surface area (Å²) >= 11 is 0. The van der Waals surface area contributed by atoms with Crippen LogP contribution in [0.15, 0.2) is 71.8 Å². The van der Waals surface area contributed by atoms with E-state index in [9.17, 15) is 8.42 Å². The predicted octanol–water partition coefficient (Wildman–Crippen LogP) is 4.78. The van der Waals surface area contributed by atoms with E-state index in [-0.39, 0.29) is 12.5 Å². The molecule has 1 heterocycles. The first-order valence-electron chi connectivity index (χ1n) is 11.4. The SMILES string of the molecule is COc1cccc(C(CNS(=O)(=O)c2ccc3c(c2)CCC3)c2c[nH]c3ccccc23)c1OC. The number of sulfonamides is 1. The number of hydrogen-bond donors (Lipinski definition) is 2. The number of rotatable bonds is 8. The number of H-pyrrole nitrogens is 1. The van der Waals surface area contributed by atoms with Gasteiger partial charge in [0.15, 0.2) is 11.5 Å². The van der Waals surface area contributed by atoms with Crippen LogP contribution in [0.2, 0.25) is 0 Å². The van der Waals surface area contributed by atoms with Gasteiger partial charge in [0, 0.05) is 35.1 Å². The van der Waals surface area contributed by atoms with Crippen molar-refractivity contribution in [2.75, 3.05) is 20.8 Å². The van der Waals surface area contributed by atoms with E-state index in [1.807, 2.05) is 60.8 Å². The van der Waals surface area contributed by atoms with E-state index in [0.29, 0.717) is 16.4 Å². The quantitative estimate of drug-likeness (QED) is 0.383. The Balaban J connectivity index is 1.54. The standard InChI is InChI=1S/C27H28N2O4S/c1-32-26-12-6-10-22(27(26)33-2)24(23-16-28-25-11-4-3-9-21(23)25)17-29-34(30,31)20-14-13-18-7-5-8-19(18)15-20/h3-4,6,9-16,24,28-29H,5,7-8,17H2,1-2H3. The molecule has 1 aliphatic rings. The topological polar surface area (TPSA) is 80.4 Å². The lowest BCUT2D eigenvalue weighted by Gasteiger charge is -2.22. The van der Waals surface area contributed by atoms with Crippen LogP contribution in [0.1, 0.15) is 34.6 Å². The number of methoxy groups -OCH3 is 2. The predicted molar refractivity (Wildman–Crippen MR) is 133 cm³/mol. The maximum absolute atomic E-state index is 13.3. The van der Waals surface area contributed by atoms with Gasteiger partial charge in [-0.2, -0.15) is 0 Å². The van der Waals surface area contributed by atoms with Gasteiger partial charge >= 0.3 is 0 Å². The molecule has 176 valence electrons. The number of aromatic nitrogens is 1. The van der Waals surface area contributed by atoms with Crippen LogP contribution in [0.25, 0.3) is 10.9 Å². The molecule has 3 aromatic carbocycles. The van der Waals surface area contributed by atoms with E-state index in [1.54, 1.807) is 20.3 Å². The first-order chi connectivity index (χ1) is 16.5. The van der Waals surface area contributed by atoms with Gasteiger partial charge in [0.25, 0.3) is 0 Å². The summed E-state index contributed by atoms with van der Waals surface area (Å²) < 4.78 is 40.7. The number of nitrogens with one attached hydrogen (secondary N) is 2. The Morgan fingerprint density at radius 2 is 1.76 bits per heavy atom. The minimum Gasteiger partial charge on any atom is -0.493 e. The van der Waals surface area contributed by atoms with Crippen LogP contribution in [0.3, 0.4) is 0 Å². The van der Waals surface area contributed by atoms with Crippen LogP contribution in [0, 0.1) is 0 Å². The zero-order valence-corrected chi connectivity index (χ0v) is 20.1. The van der Waals surface area contributed by atoms with Gasteiger partial charge in [-0.1, -0.05) is 36.4 Å². The van der Waals surface area contributed by atoms with Crippen LogP contribution in [-0.2, 0) is 22.9 Å². The summed E-state index contributed by atoms with van der Waals surface area (Å²) in [4.78, 5) is 3.62. The molecular weight excluding hydrogens is 448 g/mol. The molecule has 2 N–H and O–H groups in total. The number of fused-ring (bicyclic) bond motifs is 2. The van der Waals surface area contributed by atoms with Crippen molar-refractivity contribution in [3.8, 4) is 11.5 Å². The molecule has 1 aromatic heterocycles. The first kappa shape index (κ1) is 22.5. The number of aryl methyl sites for hydroxylation is 2. The van der Waals surface area contributed by atoms with Gasteiger partial charge in [-0.05, 0) is 60.2 Å². The third kappa shape index (κ3) is 4.06. The number of ether oxygens (including phenoxy) is 2. The molecule has 1 unspecified atom stereocenters. The lowest BCUT2D eigenvalue weighted by Crippen LogP contribution is -2.29. The molecule has 0 radical (unpaired) electrons. The second-order valence-corrected chi connectivity index (χ2v) is 10.3. The molecule has 0 aliphatic heterocycles. The molecule has 1 atom stereocenters. The molecule has 4 aromatic rings. The number of para-hydroxylation sites is 2. The second-order valence-electron chi connectivity index (χ2n) is 8.56. The average molecular weight is 477 g/mol. The maximum atomic E-state index is 13.3. The van der Waals surface area contributed by atoms with Gasteiger partial charge in [0.05, 0.1) is 19.1 Å². The summed E-state index contributed by atoms with van der Waals surface area (Å²) in [6.07, 6.45) is 4.96. The third-order valence-electron chi connectivity index (χ3n) is 6.66. The second kappa shape index (κ2) is 9.16. The third-order valence-corrected chi connectivity index (χ3v) is 8.08. The molecule has 1 aliphatic carbocycles. The van der Waals surface area contributed by atoms with Crippen molar-refractivity contribution in [1.82, 2.24) is 9.71 Å². The Bertz CT molecular complexity index is 1440. The normalized spacial score (nSPS) is 14.2. The van der Waals surface area contributed by atoms with Crippen molar-refractivity contribution in [2.45, 2.75) is 30.1 Å². The first-order valence-corrected chi connectivity index (χ1v) is 12.9. The van der Waals surface area contributed by atoms with Crippen LogP contribution in [0.4, 0.5) is 0 Å². The van der Waals surface area contributed by atoms with Gasteiger partial charge < -0.3 is 14.5 Å². The van der Waals surface area contributed by atoms with Gasteiger partial charge in [0.1, 0.15) is 0 Å². The summed E-state index contributed by atoms with van der Waals surface area (Å²) in [6.45, 7) is 0.171. The van der Waals surface area contributed by atoms with E-state index < -0.39 is 10.0 Å². The number of hydrogen-bond acceptors (Lipinski definition) is 4. The van der Waals surface area contributed by atoms with E-state index in [4.69, 9.17) is 9.47 Å². The largest absolute Gasteiger partial charge is 0.493 e. The molecule has 5 rings (SSSR count). The Labute approximate surface area is 200 Å². The molecule has 0 saturated carbocycles. The summed E-state index contributed by atoms with van der Waals surface area (Å²) in [5.74, 6) is 0.897. The van der Waals surface area contributed by atoms with Gasteiger partial charge in [-0.15, -0.1) is 0 Å². The molecule has 6 nitrogen and oxygen atoms in total. The molecule has 34 heavy (non-hydrogen) atoms. The van der Waals surface area contributed by atoms with E-state index in [2.05, 4.69) is 9.71 Å². The van der Waals surface area contributed by atoms with Crippen LogP contribution < -0.4 is 14.2 Å². The fourth-order valence-electron chi connectivity index (χ4n) is 4.95. The fraction of sp³-hybridized carbons (Fsp3) is 0.259. The van der Waals surface area contributed by atoms with E-state index in [0.717, 1.165) is 46.9 Å². The van der Waals surface area contributed by atoms with Gasteiger partial charge in [0.2, 0.25) is 10.0 Å². The number of aromatic amines is 1. The van der Waals surface area contributed by atoms with Crippen LogP contribution in [-0.4, -0.2) is 34.2 Å². The summed E-state index contributed by atoms with van der Waals surface area (Å²) in [5, 5.41) is 1.04. The van der Waals surface area contributed by atoms with Crippen molar-refractivity contribution >= 4 is 20.9 Å². The minimum atomic E-state index is -3.70. The van der Waals surface area contributed by atoms with Crippen LogP contribution >= 0.6 is 0 Å². The zero-order valence-electron chi connectivity index (χ0n) is 19.3. The summed E-state index contributed by atoms with van der Waals surface area (Å²) in [5.41, 5.74) is 5.20. The summed E-state index contributed by atoms with van der Waals surface area (Å²) in [6, 6.07) is 19.2. The molecule has 0 bridgehead atoms. The Kier molecular flexibility index (Phi) is 6.06. The zero-order chi connectivity index (χ0) is 23.7. The lowest BCUT2D eigenvalue weighted by atomic mass is 9.90. The summed E-state index contributed by atoms with van der Waals surface area (Å²) in [7, 11) is -0.501. The van der Waals surface area contributed by atoms with Crippen molar-refractivity contribution < 1.29 is 17.9 Å². The maximum Gasteiger partial charge on any atom is 0.240 e. The van der Waals surface area contributed by atoms with E-state index in [1.165, 1.54) is 5.56 Å². The molecule has 0 fully saturated rings. The molecule has 0 spiro atoms. The van der Waals surface area contributed by atoms with E-state index >= 15 is 0 Å². The monoisotopic (exact) mass is 476 g/mol. The average Bonchev–Trinajstić information content (AvgIpc) is 3.51. The van der Waals surface area contributed by atoms with Crippen LogP contribution in [0.5, 0.6) is 11.5 Å². The molecule has 0 amide bonds. The van der Waals surface area contributed by atoms with Gasteiger partial charge in [-0.3, -0.25) is 0 Å². The Morgan fingerprint density at radius 1 is 0.941 bits per heavy atom. The highest BCUT2D eigenvalue weighted by Gasteiger charge is 2.26. The molecular formula is C27H28N2O4S. The van der Waals surface area contributed by atoms with Crippen molar-refractivity contribution in [3.63, 3.8) is 0 Å². The highest BCUT2D eigenvalue weighted by Crippen LogP contribution is 2.40. The van der Waals surface area contributed by atoms with Crippen molar-refractivity contribution in [1.29, 1.82) is 0 Å². The Morgan fingerprint density at radius 3 is 2.59 bits per heavy atom. The highest BCUT2D eigenvalue weighted by atomic mass is 32.2. The van der Waals surface area contributed by atoms with Crippen molar-refractivity contribution in [3.05, 3.63) is 89.1 Å². The minimum absolute atomic E-state index is 0.171. The van der Waals surface area contributed by atoms with Gasteiger partial charge in [-0.25, -0.2) is 13.1 Å². The Hall–Kier alpha value is -3.29. The molecule has 7 heteroatoms. The number of benzene rings is 3. The highest BCUT2D eigenvalue weighted by molar-refractivity contribution is 7.89. The smallest absolute Gasteiger partial charge is 0.240 e. The lowest BCUT2D eigenvalue weighted by molar-refractivity contribution is 0.350. The molecule has 0 saturated heterocycles. The van der Waals surface area contributed by atoms with Crippen molar-refractivity contribution in [2.24, 2.45) is 0 Å².